The van der Waals surface area contributed by atoms with Gasteiger partial charge in [-0.15, -0.1) is 0 Å². The third kappa shape index (κ3) is 1.80. The van der Waals surface area contributed by atoms with Gasteiger partial charge in [0.15, 0.2) is 0 Å². The van der Waals surface area contributed by atoms with Gasteiger partial charge in [-0.2, -0.15) is 5.26 Å². The first-order valence-corrected chi connectivity index (χ1v) is 5.24. The van der Waals surface area contributed by atoms with Gasteiger partial charge in [-0.25, -0.2) is 0 Å². The van der Waals surface area contributed by atoms with E-state index in [0.29, 0.717) is 6.61 Å². The zero-order valence-electron chi connectivity index (χ0n) is 8.49. The van der Waals surface area contributed by atoms with Crippen LogP contribution in [0.3, 0.4) is 0 Å². The molecule has 0 N–H and O–H groups in total. The lowest BCUT2D eigenvalue weighted by Crippen LogP contribution is -2.38. The van der Waals surface area contributed by atoms with Crippen molar-refractivity contribution in [2.24, 2.45) is 5.41 Å². The summed E-state index contributed by atoms with van der Waals surface area (Å²) in [5, 5.41) is 8.79. The van der Waals surface area contributed by atoms with E-state index in [2.05, 4.69) is 22.0 Å². The number of hydrogen-bond acceptors (Lipinski definition) is 4. The molecule has 1 rings (SSSR count). The van der Waals surface area contributed by atoms with Gasteiger partial charge in [-0.1, -0.05) is 15.9 Å². The van der Waals surface area contributed by atoms with Crippen molar-refractivity contribution >= 4 is 15.9 Å². The second kappa shape index (κ2) is 4.58. The summed E-state index contributed by atoms with van der Waals surface area (Å²) >= 11 is 3.33. The predicted octanol–water partition coefficient (Wildman–Crippen LogP) is 1.30. The topological polar surface area (TPSA) is 51.5 Å². The molecule has 14 heavy (non-hydrogen) atoms. The molecule has 1 saturated heterocycles. The molecule has 0 amide bonds. The Labute approximate surface area is 92.3 Å². The van der Waals surface area contributed by atoms with E-state index < -0.39 is 5.41 Å². The third-order valence-electron chi connectivity index (χ3n) is 2.52. The first-order chi connectivity index (χ1) is 6.60. The lowest BCUT2D eigenvalue weighted by atomic mass is 9.86. The van der Waals surface area contributed by atoms with Crippen molar-refractivity contribution in [1.29, 1.82) is 5.26 Å². The molecule has 1 aliphatic rings. The first kappa shape index (κ1) is 11.9. The molecule has 4 nitrogen and oxygen atoms in total. The Kier molecular flexibility index (Phi) is 3.90. The molecule has 4 atom stereocenters. The first-order valence-electron chi connectivity index (χ1n) is 4.32. The lowest BCUT2D eigenvalue weighted by molar-refractivity contribution is -0.0351. The number of halogens is 1. The highest BCUT2D eigenvalue weighted by Crippen LogP contribution is 2.42. The number of nitrogens with zero attached hydrogens (tertiary/aromatic N) is 1. The molecule has 0 bridgehead atoms. The second-order valence-corrected chi connectivity index (χ2v) is 4.33. The summed E-state index contributed by atoms with van der Waals surface area (Å²) in [6.07, 6.45) is -0.462. The summed E-state index contributed by atoms with van der Waals surface area (Å²) in [6.45, 7) is 2.24. The average Bonchev–Trinajstić information content (AvgIpc) is 2.40. The van der Waals surface area contributed by atoms with Crippen LogP contribution < -0.4 is 0 Å². The Morgan fingerprint density at radius 3 is 2.64 bits per heavy atom. The van der Waals surface area contributed by atoms with Crippen molar-refractivity contribution in [3.63, 3.8) is 0 Å². The number of hydrogen-bond donors (Lipinski definition) is 0. The van der Waals surface area contributed by atoms with Crippen LogP contribution in [0.25, 0.3) is 0 Å². The molecule has 80 valence electrons. The van der Waals surface area contributed by atoms with Crippen LogP contribution in [0.15, 0.2) is 0 Å². The number of nitriles is 1. The van der Waals surface area contributed by atoms with Gasteiger partial charge in [0.05, 0.1) is 12.7 Å². The standard InChI is InChI=1S/C9H14BrNO3/c1-9(5-11)7(13-3)6(4-12-2)14-8(9)10/h6-8H,4H2,1-3H3/t6-,7-,8+,9-/m1/s1. The number of rotatable bonds is 3. The van der Waals surface area contributed by atoms with Gasteiger partial charge < -0.3 is 14.2 Å². The van der Waals surface area contributed by atoms with Gasteiger partial charge in [-0.3, -0.25) is 0 Å². The van der Waals surface area contributed by atoms with Crippen molar-refractivity contribution < 1.29 is 14.2 Å². The molecular weight excluding hydrogens is 250 g/mol. The predicted molar refractivity (Wildman–Crippen MR) is 54.0 cm³/mol. The monoisotopic (exact) mass is 263 g/mol. The Balaban J connectivity index is 2.84. The zero-order chi connectivity index (χ0) is 10.8. The normalized spacial score (nSPS) is 42.4. The largest absolute Gasteiger partial charge is 0.382 e. The summed E-state index contributed by atoms with van der Waals surface area (Å²) in [7, 11) is 3.18. The maximum Gasteiger partial charge on any atom is 0.134 e. The van der Waals surface area contributed by atoms with Crippen molar-refractivity contribution in [3.05, 3.63) is 0 Å². The summed E-state index contributed by atoms with van der Waals surface area (Å²) in [5.41, 5.74) is -0.669. The van der Waals surface area contributed by atoms with E-state index in [1.54, 1.807) is 14.2 Å². The summed E-state index contributed by atoms with van der Waals surface area (Å²) in [5.74, 6) is 0. The molecule has 0 aromatic carbocycles. The van der Waals surface area contributed by atoms with Crippen molar-refractivity contribution in [3.8, 4) is 6.07 Å². The molecule has 1 aliphatic heterocycles. The summed E-state index contributed by atoms with van der Waals surface area (Å²) in [4.78, 5) is 0. The minimum Gasteiger partial charge on any atom is -0.382 e. The highest BCUT2D eigenvalue weighted by atomic mass is 79.9. The number of alkyl halides is 1. The fourth-order valence-corrected chi connectivity index (χ4v) is 2.32. The SMILES string of the molecule is COC[C@H]1O[C@H](Br)[C@](C)(C#N)[C@@H]1OC. The average molecular weight is 264 g/mol. The third-order valence-corrected chi connectivity index (χ3v) is 3.69. The molecule has 0 saturated carbocycles. The Morgan fingerprint density at radius 2 is 2.21 bits per heavy atom. The molecule has 1 fully saturated rings. The van der Waals surface area contributed by atoms with E-state index in [9.17, 15) is 0 Å². The number of methoxy groups -OCH3 is 2. The number of ether oxygens (including phenoxy) is 3. The van der Waals surface area contributed by atoms with E-state index in [-0.39, 0.29) is 17.2 Å². The van der Waals surface area contributed by atoms with E-state index in [1.165, 1.54) is 0 Å². The minimum atomic E-state index is -0.669. The van der Waals surface area contributed by atoms with Crippen LogP contribution in [0, 0.1) is 16.7 Å². The van der Waals surface area contributed by atoms with Crippen LogP contribution >= 0.6 is 15.9 Å². The molecule has 0 aliphatic carbocycles. The van der Waals surface area contributed by atoms with Crippen molar-refractivity contribution in [2.45, 2.75) is 24.1 Å². The molecule has 0 radical (unpaired) electrons. The fourth-order valence-electron chi connectivity index (χ4n) is 1.68. The van der Waals surface area contributed by atoms with Crippen LogP contribution in [0.4, 0.5) is 0 Å². The van der Waals surface area contributed by atoms with Gasteiger partial charge in [-0.05, 0) is 6.92 Å². The van der Waals surface area contributed by atoms with Crippen LogP contribution in [-0.4, -0.2) is 38.0 Å². The lowest BCUT2D eigenvalue weighted by Gasteiger charge is -2.24. The Morgan fingerprint density at radius 1 is 1.57 bits per heavy atom. The Bertz CT molecular complexity index is 243. The van der Waals surface area contributed by atoms with Gasteiger partial charge in [0.25, 0.3) is 0 Å². The zero-order valence-corrected chi connectivity index (χ0v) is 10.1. The van der Waals surface area contributed by atoms with Crippen LogP contribution in [-0.2, 0) is 14.2 Å². The molecule has 0 aromatic heterocycles. The smallest absolute Gasteiger partial charge is 0.134 e. The highest BCUT2D eigenvalue weighted by molar-refractivity contribution is 9.09. The summed E-state index contributed by atoms with van der Waals surface area (Å²) in [6, 6.07) is 2.23. The Hall–Kier alpha value is -0.150. The molecule has 5 heteroatoms. The molecule has 0 spiro atoms. The van der Waals surface area contributed by atoms with E-state index >= 15 is 0 Å². The van der Waals surface area contributed by atoms with E-state index in [0.717, 1.165) is 0 Å². The maximum absolute atomic E-state index is 9.10. The van der Waals surface area contributed by atoms with Crippen molar-refractivity contribution in [1.82, 2.24) is 0 Å². The molecule has 1 heterocycles. The molecular formula is C9H14BrNO3. The fraction of sp³-hybridized carbons (Fsp3) is 0.889. The second-order valence-electron chi connectivity index (χ2n) is 3.50. The highest BCUT2D eigenvalue weighted by Gasteiger charge is 2.53. The van der Waals surface area contributed by atoms with Crippen LogP contribution in [0.2, 0.25) is 0 Å². The van der Waals surface area contributed by atoms with Crippen molar-refractivity contribution in [2.75, 3.05) is 20.8 Å². The minimum absolute atomic E-state index is 0.195. The quantitative estimate of drug-likeness (QED) is 0.721. The molecule has 0 unspecified atom stereocenters. The maximum atomic E-state index is 9.10. The van der Waals surface area contributed by atoms with Crippen LogP contribution in [0.5, 0.6) is 0 Å². The van der Waals surface area contributed by atoms with Gasteiger partial charge in [0, 0.05) is 14.2 Å². The van der Waals surface area contributed by atoms with E-state index in [4.69, 9.17) is 19.5 Å². The van der Waals surface area contributed by atoms with Gasteiger partial charge >= 0.3 is 0 Å². The molecule has 0 aromatic rings. The summed E-state index contributed by atoms with van der Waals surface area (Å²) < 4.78 is 15.9. The van der Waals surface area contributed by atoms with Gasteiger partial charge in [0.1, 0.15) is 22.6 Å². The van der Waals surface area contributed by atoms with Gasteiger partial charge in [0.2, 0.25) is 0 Å². The van der Waals surface area contributed by atoms with E-state index in [1.807, 2.05) is 6.92 Å². The van der Waals surface area contributed by atoms with Crippen LogP contribution in [0.1, 0.15) is 6.92 Å².